The topological polar surface area (TPSA) is 99.8 Å². The highest BCUT2D eigenvalue weighted by atomic mass is 32.2. The van der Waals surface area contributed by atoms with Gasteiger partial charge in [-0.25, -0.2) is 0 Å². The van der Waals surface area contributed by atoms with E-state index in [1.54, 1.807) is 23.7 Å². The quantitative estimate of drug-likeness (QED) is 0.615. The molecule has 32 heavy (non-hydrogen) atoms. The molecule has 2 saturated heterocycles. The summed E-state index contributed by atoms with van der Waals surface area (Å²) in [6.07, 6.45) is 1.35. The fraction of sp³-hybridized carbons (Fsp3) is 0.609. The van der Waals surface area contributed by atoms with Crippen molar-refractivity contribution in [3.63, 3.8) is 0 Å². The van der Waals surface area contributed by atoms with E-state index in [0.717, 1.165) is 17.7 Å². The third kappa shape index (κ3) is 4.51. The van der Waals surface area contributed by atoms with Crippen LogP contribution in [0.25, 0.3) is 0 Å². The van der Waals surface area contributed by atoms with Crippen molar-refractivity contribution in [2.24, 2.45) is 5.41 Å². The van der Waals surface area contributed by atoms with Gasteiger partial charge in [-0.1, -0.05) is 32.0 Å². The van der Waals surface area contributed by atoms with Gasteiger partial charge in [0.1, 0.15) is 18.3 Å². The van der Waals surface area contributed by atoms with Crippen molar-refractivity contribution in [1.82, 2.24) is 20.9 Å². The van der Waals surface area contributed by atoms with Crippen molar-refractivity contribution in [2.45, 2.75) is 62.4 Å². The average molecular weight is 461 g/mol. The molecule has 4 rings (SSSR count). The molecule has 174 valence electrons. The van der Waals surface area contributed by atoms with Crippen LogP contribution in [0.1, 0.15) is 44.7 Å². The first-order valence-corrected chi connectivity index (χ1v) is 12.2. The van der Waals surface area contributed by atoms with Gasteiger partial charge < -0.3 is 25.6 Å². The molecule has 4 atom stereocenters. The Kier molecular flexibility index (Phi) is 6.78. The molecule has 3 amide bonds. The van der Waals surface area contributed by atoms with E-state index in [-0.39, 0.29) is 30.3 Å². The molecule has 3 aliphatic heterocycles. The van der Waals surface area contributed by atoms with Crippen LogP contribution >= 0.6 is 11.8 Å². The molecule has 3 heterocycles. The van der Waals surface area contributed by atoms with Crippen molar-refractivity contribution in [3.05, 3.63) is 29.8 Å². The van der Waals surface area contributed by atoms with E-state index in [2.05, 4.69) is 28.1 Å². The van der Waals surface area contributed by atoms with E-state index in [1.165, 1.54) is 4.90 Å². The van der Waals surface area contributed by atoms with Gasteiger partial charge in [0.05, 0.1) is 19.2 Å². The molecule has 3 N–H and O–H groups in total. The Morgan fingerprint density at radius 1 is 1.19 bits per heavy atom. The van der Waals surface area contributed by atoms with Gasteiger partial charge in [-0.05, 0) is 36.9 Å². The molecule has 0 aromatic heterocycles. The fourth-order valence-corrected chi connectivity index (χ4v) is 6.13. The maximum absolute atomic E-state index is 13.6. The Labute approximate surface area is 193 Å². The number of benzene rings is 1. The average Bonchev–Trinajstić information content (AvgIpc) is 2.94. The van der Waals surface area contributed by atoms with Gasteiger partial charge in [-0.3, -0.25) is 14.4 Å². The minimum absolute atomic E-state index is 0.0797. The zero-order valence-corrected chi connectivity index (χ0v) is 19.7. The Balaban J connectivity index is 1.56. The Morgan fingerprint density at radius 2 is 1.97 bits per heavy atom. The van der Waals surface area contributed by atoms with Crippen LogP contribution in [0.15, 0.2) is 29.2 Å². The first kappa shape index (κ1) is 23.1. The molecule has 0 bridgehead atoms. The first-order valence-electron chi connectivity index (χ1n) is 11.2. The second-order valence-corrected chi connectivity index (χ2v) is 10.5. The third-order valence-corrected chi connectivity index (χ3v) is 7.62. The number of amides is 3. The van der Waals surface area contributed by atoms with Crippen LogP contribution in [0.4, 0.5) is 0 Å². The molecule has 0 aliphatic carbocycles. The summed E-state index contributed by atoms with van der Waals surface area (Å²) < 4.78 is 5.99. The largest absolute Gasteiger partial charge is 0.358 e. The summed E-state index contributed by atoms with van der Waals surface area (Å²) in [5.41, 5.74) is 0.671. The number of hydrogen-bond donors (Lipinski definition) is 3. The second-order valence-electron chi connectivity index (χ2n) is 9.34. The third-order valence-electron chi connectivity index (χ3n) is 6.49. The minimum atomic E-state index is -0.697. The van der Waals surface area contributed by atoms with E-state index < -0.39 is 23.7 Å². The molecule has 0 saturated carbocycles. The number of fused-ring (bicyclic) bond motifs is 2. The highest BCUT2D eigenvalue weighted by Gasteiger charge is 2.55. The number of carbonyl (C=O) groups is 3. The highest BCUT2D eigenvalue weighted by Crippen LogP contribution is 2.43. The van der Waals surface area contributed by atoms with Crippen LogP contribution < -0.4 is 16.0 Å². The number of carbonyl (C=O) groups excluding carboxylic acids is 3. The lowest BCUT2D eigenvalue weighted by Gasteiger charge is -2.35. The summed E-state index contributed by atoms with van der Waals surface area (Å²) >= 11 is 1.80. The van der Waals surface area contributed by atoms with E-state index in [1.807, 2.05) is 26.0 Å². The number of ether oxygens (including phenoxy) is 1. The van der Waals surface area contributed by atoms with Gasteiger partial charge in [0.15, 0.2) is 0 Å². The molecule has 0 radical (unpaired) electrons. The molecule has 3 aliphatic rings. The SMILES string of the molecule is CNCC(=O)NC1CCOC2CC(C)(C)C(C(=O)NC3CCSc4ccccc43)N2C1=O. The van der Waals surface area contributed by atoms with Crippen LogP contribution in [-0.4, -0.2) is 66.9 Å². The van der Waals surface area contributed by atoms with Crippen molar-refractivity contribution in [3.8, 4) is 0 Å². The summed E-state index contributed by atoms with van der Waals surface area (Å²) in [5.74, 6) is 0.273. The summed E-state index contributed by atoms with van der Waals surface area (Å²) in [4.78, 5) is 42.0. The smallest absolute Gasteiger partial charge is 0.247 e. The number of likely N-dealkylation sites (N-methyl/N-ethyl adjacent to an activating group) is 1. The molecule has 2 fully saturated rings. The normalized spacial score (nSPS) is 29.0. The molecule has 9 heteroatoms. The van der Waals surface area contributed by atoms with Crippen LogP contribution in [0.5, 0.6) is 0 Å². The zero-order valence-electron chi connectivity index (χ0n) is 18.8. The fourth-order valence-electron chi connectivity index (χ4n) is 5.00. The van der Waals surface area contributed by atoms with Gasteiger partial charge in [-0.15, -0.1) is 11.8 Å². The van der Waals surface area contributed by atoms with Crippen LogP contribution in [0.3, 0.4) is 0 Å². The maximum atomic E-state index is 13.6. The summed E-state index contributed by atoms with van der Waals surface area (Å²) in [6.45, 7) is 4.49. The predicted molar refractivity (Wildman–Crippen MR) is 122 cm³/mol. The monoisotopic (exact) mass is 460 g/mol. The number of nitrogens with one attached hydrogen (secondary N) is 3. The number of hydrogen-bond acceptors (Lipinski definition) is 6. The molecular formula is C23H32N4O4S. The van der Waals surface area contributed by atoms with Gasteiger partial charge in [0.25, 0.3) is 0 Å². The van der Waals surface area contributed by atoms with E-state index in [4.69, 9.17) is 4.74 Å². The van der Waals surface area contributed by atoms with Crippen molar-refractivity contribution >= 4 is 29.5 Å². The van der Waals surface area contributed by atoms with Gasteiger partial charge in [0, 0.05) is 17.1 Å². The van der Waals surface area contributed by atoms with Crippen molar-refractivity contribution < 1.29 is 19.1 Å². The lowest BCUT2D eigenvalue weighted by Crippen LogP contribution is -2.57. The van der Waals surface area contributed by atoms with E-state index >= 15 is 0 Å². The molecular weight excluding hydrogens is 428 g/mol. The molecule has 8 nitrogen and oxygen atoms in total. The van der Waals surface area contributed by atoms with E-state index in [0.29, 0.717) is 19.4 Å². The van der Waals surface area contributed by atoms with Gasteiger partial charge in [-0.2, -0.15) is 0 Å². The Morgan fingerprint density at radius 3 is 2.75 bits per heavy atom. The second kappa shape index (κ2) is 9.41. The maximum Gasteiger partial charge on any atom is 0.247 e. The molecule has 1 aromatic carbocycles. The lowest BCUT2D eigenvalue weighted by atomic mass is 9.83. The van der Waals surface area contributed by atoms with Gasteiger partial charge in [0.2, 0.25) is 17.7 Å². The standard InChI is InChI=1S/C23H32N4O4S/c1-23(2)12-19-27(22(30)16(8-10-31-19)25-18(28)13-24-3)20(23)21(29)26-15-9-11-32-17-7-5-4-6-14(15)17/h4-7,15-16,19-20,24H,8-13H2,1-3H3,(H,25,28)(H,26,29). The van der Waals surface area contributed by atoms with Crippen molar-refractivity contribution in [2.75, 3.05) is 26.0 Å². The van der Waals surface area contributed by atoms with E-state index in [9.17, 15) is 14.4 Å². The summed E-state index contributed by atoms with van der Waals surface area (Å²) in [5, 5.41) is 8.81. The summed E-state index contributed by atoms with van der Waals surface area (Å²) in [7, 11) is 1.68. The zero-order chi connectivity index (χ0) is 22.9. The van der Waals surface area contributed by atoms with Crippen molar-refractivity contribution in [1.29, 1.82) is 0 Å². The predicted octanol–water partition coefficient (Wildman–Crippen LogP) is 1.42. The molecule has 1 aromatic rings. The number of nitrogens with zero attached hydrogens (tertiary/aromatic N) is 1. The minimum Gasteiger partial charge on any atom is -0.358 e. The Bertz CT molecular complexity index is 893. The summed E-state index contributed by atoms with van der Waals surface area (Å²) in [6, 6.07) is 6.70. The van der Waals surface area contributed by atoms with Gasteiger partial charge >= 0.3 is 0 Å². The lowest BCUT2D eigenvalue weighted by molar-refractivity contribution is -0.150. The first-order chi connectivity index (χ1) is 15.3. The van der Waals surface area contributed by atoms with Crippen LogP contribution in [-0.2, 0) is 19.1 Å². The number of thioether (sulfide) groups is 1. The number of rotatable bonds is 5. The Hall–Kier alpha value is -2.10. The highest BCUT2D eigenvalue weighted by molar-refractivity contribution is 7.99. The molecule has 4 unspecified atom stereocenters. The van der Waals surface area contributed by atoms with Crippen LogP contribution in [0, 0.1) is 5.41 Å². The van der Waals surface area contributed by atoms with Crippen LogP contribution in [0.2, 0.25) is 0 Å². The molecule has 0 spiro atoms.